The smallest absolute Gasteiger partial charge is 0.253 e. The first-order chi connectivity index (χ1) is 10.1. The Morgan fingerprint density at radius 2 is 2.33 bits per heavy atom. The molecule has 1 unspecified atom stereocenters. The molecule has 6 nitrogen and oxygen atoms in total. The number of rotatable bonds is 3. The summed E-state index contributed by atoms with van der Waals surface area (Å²) in [6.07, 6.45) is 0.627. The summed E-state index contributed by atoms with van der Waals surface area (Å²) in [6, 6.07) is 2.47. The van der Waals surface area contributed by atoms with E-state index in [2.05, 4.69) is 15.3 Å². The molecule has 1 aromatic carbocycles. The van der Waals surface area contributed by atoms with Gasteiger partial charge in [-0.15, -0.1) is 0 Å². The lowest BCUT2D eigenvalue weighted by Crippen LogP contribution is -2.37. The SMILES string of the molecule is O=C(NCC1CCOCO1)c1cc(F)cc2[nH]c(=S)[nH]c12. The number of benzene rings is 1. The van der Waals surface area contributed by atoms with E-state index < -0.39 is 5.82 Å². The van der Waals surface area contributed by atoms with Crippen molar-refractivity contribution in [2.45, 2.75) is 12.5 Å². The molecule has 1 aliphatic heterocycles. The number of fused-ring (bicyclic) bond motifs is 1. The number of aromatic nitrogens is 2. The van der Waals surface area contributed by atoms with Crippen molar-refractivity contribution in [3.05, 3.63) is 28.3 Å². The quantitative estimate of drug-likeness (QED) is 0.756. The zero-order valence-corrected chi connectivity index (χ0v) is 11.9. The second kappa shape index (κ2) is 5.92. The molecule has 112 valence electrons. The van der Waals surface area contributed by atoms with Crippen molar-refractivity contribution in [3.63, 3.8) is 0 Å². The number of amides is 1. The maximum absolute atomic E-state index is 13.6. The minimum Gasteiger partial charge on any atom is -0.355 e. The molecule has 1 amide bonds. The van der Waals surface area contributed by atoms with E-state index in [0.29, 0.717) is 35.4 Å². The number of imidazole rings is 1. The number of carbonyl (C=O) groups excluding carboxylic acids is 1. The van der Waals surface area contributed by atoms with Crippen LogP contribution >= 0.6 is 12.2 Å². The second-order valence-corrected chi connectivity index (χ2v) is 5.18. The highest BCUT2D eigenvalue weighted by atomic mass is 32.1. The van der Waals surface area contributed by atoms with E-state index in [-0.39, 0.29) is 24.4 Å². The summed E-state index contributed by atoms with van der Waals surface area (Å²) in [5.41, 5.74) is 1.17. The summed E-state index contributed by atoms with van der Waals surface area (Å²) in [4.78, 5) is 17.9. The van der Waals surface area contributed by atoms with Gasteiger partial charge in [-0.25, -0.2) is 4.39 Å². The van der Waals surface area contributed by atoms with Gasteiger partial charge in [0, 0.05) is 6.54 Å². The van der Waals surface area contributed by atoms with Gasteiger partial charge in [0.2, 0.25) is 0 Å². The number of nitrogens with one attached hydrogen (secondary N) is 3. The topological polar surface area (TPSA) is 79.1 Å². The van der Waals surface area contributed by atoms with Crippen LogP contribution in [0.1, 0.15) is 16.8 Å². The fourth-order valence-corrected chi connectivity index (χ4v) is 2.46. The molecule has 0 bridgehead atoms. The van der Waals surface area contributed by atoms with Gasteiger partial charge in [0.05, 0.1) is 29.3 Å². The third kappa shape index (κ3) is 3.12. The number of H-pyrrole nitrogens is 2. The highest BCUT2D eigenvalue weighted by Gasteiger charge is 2.18. The van der Waals surface area contributed by atoms with E-state index in [0.717, 1.165) is 0 Å². The standard InChI is InChI=1S/C13H14FN3O3S/c14-7-3-9(11-10(4-7)16-13(21)17-11)12(18)15-5-8-1-2-19-6-20-8/h3-4,8H,1-2,5-6H2,(H,15,18)(H2,16,17,21). The van der Waals surface area contributed by atoms with Crippen LogP contribution < -0.4 is 5.32 Å². The molecule has 3 N–H and O–H groups in total. The monoisotopic (exact) mass is 311 g/mol. The molecular weight excluding hydrogens is 297 g/mol. The molecule has 1 saturated heterocycles. The minimum absolute atomic E-state index is 0.0866. The van der Waals surface area contributed by atoms with Crippen LogP contribution in [0, 0.1) is 10.6 Å². The zero-order valence-electron chi connectivity index (χ0n) is 11.1. The maximum Gasteiger partial charge on any atom is 0.253 e. The van der Waals surface area contributed by atoms with Crippen LogP contribution in [0.25, 0.3) is 11.0 Å². The van der Waals surface area contributed by atoms with E-state index in [1.54, 1.807) is 0 Å². The van der Waals surface area contributed by atoms with E-state index in [1.807, 2.05) is 0 Å². The molecule has 3 rings (SSSR count). The third-order valence-electron chi connectivity index (χ3n) is 3.30. The first kappa shape index (κ1) is 14.2. The Morgan fingerprint density at radius 3 is 3.10 bits per heavy atom. The van der Waals surface area contributed by atoms with E-state index in [1.165, 1.54) is 12.1 Å². The minimum atomic E-state index is -0.500. The highest BCUT2D eigenvalue weighted by Crippen LogP contribution is 2.18. The second-order valence-electron chi connectivity index (χ2n) is 4.77. The third-order valence-corrected chi connectivity index (χ3v) is 3.50. The fourth-order valence-electron chi connectivity index (χ4n) is 2.25. The number of hydrogen-bond donors (Lipinski definition) is 3. The van der Waals surface area contributed by atoms with Gasteiger partial charge in [-0.2, -0.15) is 0 Å². The van der Waals surface area contributed by atoms with Crippen molar-refractivity contribution in [1.82, 2.24) is 15.3 Å². The Hall–Kier alpha value is -1.77. The average Bonchev–Trinajstić information content (AvgIpc) is 2.85. The Balaban J connectivity index is 1.79. The van der Waals surface area contributed by atoms with Crippen molar-refractivity contribution >= 4 is 29.2 Å². The van der Waals surface area contributed by atoms with Gasteiger partial charge in [0.15, 0.2) is 4.77 Å². The average molecular weight is 311 g/mol. The molecular formula is C13H14FN3O3S. The van der Waals surface area contributed by atoms with Gasteiger partial charge >= 0.3 is 0 Å². The number of ether oxygens (including phenoxy) is 2. The van der Waals surface area contributed by atoms with Crippen molar-refractivity contribution < 1.29 is 18.7 Å². The summed E-state index contributed by atoms with van der Waals surface area (Å²) >= 11 is 4.97. The summed E-state index contributed by atoms with van der Waals surface area (Å²) in [5.74, 6) is -0.875. The number of carbonyl (C=O) groups is 1. The molecule has 0 spiro atoms. The van der Waals surface area contributed by atoms with Gasteiger partial charge in [-0.3, -0.25) is 4.79 Å². The summed E-state index contributed by atoms with van der Waals surface area (Å²) < 4.78 is 24.3. The normalized spacial score (nSPS) is 18.8. The van der Waals surface area contributed by atoms with Crippen LogP contribution in [0.5, 0.6) is 0 Å². The van der Waals surface area contributed by atoms with Crippen LogP contribution in [0.3, 0.4) is 0 Å². The molecule has 0 aliphatic carbocycles. The summed E-state index contributed by atoms with van der Waals surface area (Å²) in [5, 5.41) is 2.74. The molecule has 1 fully saturated rings. The molecule has 8 heteroatoms. The predicted molar refractivity (Wildman–Crippen MR) is 76.1 cm³/mol. The molecule has 21 heavy (non-hydrogen) atoms. The van der Waals surface area contributed by atoms with Crippen LogP contribution in [0.4, 0.5) is 4.39 Å². The van der Waals surface area contributed by atoms with Gasteiger partial charge in [-0.1, -0.05) is 0 Å². The Bertz CT molecular complexity index is 721. The molecule has 1 aliphatic rings. The lowest BCUT2D eigenvalue weighted by molar-refractivity contribution is -0.136. The highest BCUT2D eigenvalue weighted by molar-refractivity contribution is 7.71. The molecule has 0 radical (unpaired) electrons. The molecule has 1 atom stereocenters. The summed E-state index contributed by atoms with van der Waals surface area (Å²) in [7, 11) is 0. The predicted octanol–water partition coefficient (Wildman–Crippen LogP) is 1.86. The maximum atomic E-state index is 13.6. The number of aromatic amines is 2. The first-order valence-electron chi connectivity index (χ1n) is 6.52. The van der Waals surface area contributed by atoms with Gasteiger partial charge in [-0.05, 0) is 30.8 Å². The van der Waals surface area contributed by atoms with E-state index >= 15 is 0 Å². The number of hydrogen-bond acceptors (Lipinski definition) is 4. The van der Waals surface area contributed by atoms with Crippen molar-refractivity contribution in [3.8, 4) is 0 Å². The number of halogens is 1. The lowest BCUT2D eigenvalue weighted by Gasteiger charge is -2.22. The first-order valence-corrected chi connectivity index (χ1v) is 6.93. The fraction of sp³-hybridized carbons (Fsp3) is 0.385. The van der Waals surface area contributed by atoms with Gasteiger partial charge in [0.1, 0.15) is 12.6 Å². The largest absolute Gasteiger partial charge is 0.355 e. The molecule has 1 aromatic heterocycles. The van der Waals surface area contributed by atoms with Gasteiger partial charge in [0.25, 0.3) is 5.91 Å². The van der Waals surface area contributed by atoms with E-state index in [9.17, 15) is 9.18 Å². The molecule has 2 aromatic rings. The Morgan fingerprint density at radius 1 is 1.48 bits per heavy atom. The lowest BCUT2D eigenvalue weighted by atomic mass is 10.1. The van der Waals surface area contributed by atoms with Crippen molar-refractivity contribution in [1.29, 1.82) is 0 Å². The van der Waals surface area contributed by atoms with Crippen molar-refractivity contribution in [2.75, 3.05) is 19.9 Å². The van der Waals surface area contributed by atoms with Crippen LogP contribution in [-0.4, -0.2) is 41.9 Å². The molecule has 2 heterocycles. The summed E-state index contributed by atoms with van der Waals surface area (Å²) in [6.45, 7) is 1.19. The van der Waals surface area contributed by atoms with Crippen molar-refractivity contribution in [2.24, 2.45) is 0 Å². The Kier molecular flexibility index (Phi) is 4.00. The Labute approximate surface area is 124 Å². The zero-order chi connectivity index (χ0) is 14.8. The van der Waals surface area contributed by atoms with Crippen LogP contribution in [-0.2, 0) is 9.47 Å². The van der Waals surface area contributed by atoms with E-state index in [4.69, 9.17) is 21.7 Å². The van der Waals surface area contributed by atoms with Gasteiger partial charge < -0.3 is 24.8 Å². The van der Waals surface area contributed by atoms with Crippen LogP contribution in [0.2, 0.25) is 0 Å². The van der Waals surface area contributed by atoms with Crippen LogP contribution in [0.15, 0.2) is 12.1 Å². The molecule has 0 saturated carbocycles.